The standard InChI is InChI=1S/C20H30N2O4S/c1-16(2)26-18-6-8-19(9-7-18)27(24,25)22-14-10-17(11-15-22)20(23)21-12-4-3-5-13-21/h6-9,16-17H,3-5,10-15H2,1-2H3. The predicted molar refractivity (Wildman–Crippen MR) is 104 cm³/mol. The molecule has 2 aliphatic heterocycles. The lowest BCUT2D eigenvalue weighted by Crippen LogP contribution is -2.45. The molecule has 1 aromatic rings. The van der Waals surface area contributed by atoms with E-state index >= 15 is 0 Å². The van der Waals surface area contributed by atoms with Gasteiger partial charge < -0.3 is 9.64 Å². The number of sulfonamides is 1. The number of hydrogen-bond donors (Lipinski definition) is 0. The minimum Gasteiger partial charge on any atom is -0.491 e. The van der Waals surface area contributed by atoms with Gasteiger partial charge >= 0.3 is 0 Å². The molecule has 27 heavy (non-hydrogen) atoms. The fraction of sp³-hybridized carbons (Fsp3) is 0.650. The molecule has 0 bridgehead atoms. The van der Waals surface area contributed by atoms with Crippen LogP contribution in [-0.4, -0.2) is 55.8 Å². The topological polar surface area (TPSA) is 66.9 Å². The van der Waals surface area contributed by atoms with E-state index in [1.165, 1.54) is 10.7 Å². The van der Waals surface area contributed by atoms with Crippen LogP contribution < -0.4 is 4.74 Å². The van der Waals surface area contributed by atoms with Crippen LogP contribution in [0.3, 0.4) is 0 Å². The van der Waals surface area contributed by atoms with Crippen molar-refractivity contribution in [1.82, 2.24) is 9.21 Å². The molecule has 0 radical (unpaired) electrons. The van der Waals surface area contributed by atoms with E-state index in [0.717, 1.165) is 25.9 Å². The maximum absolute atomic E-state index is 12.9. The number of benzene rings is 1. The van der Waals surface area contributed by atoms with Crippen LogP contribution in [0.25, 0.3) is 0 Å². The third-order valence-corrected chi connectivity index (χ3v) is 7.22. The molecule has 7 heteroatoms. The number of rotatable bonds is 5. The Morgan fingerprint density at radius 3 is 2.15 bits per heavy atom. The van der Waals surface area contributed by atoms with Gasteiger partial charge in [0.25, 0.3) is 0 Å². The highest BCUT2D eigenvalue weighted by atomic mass is 32.2. The Morgan fingerprint density at radius 1 is 1.00 bits per heavy atom. The van der Waals surface area contributed by atoms with Gasteiger partial charge in [-0.05, 0) is 70.2 Å². The van der Waals surface area contributed by atoms with Crippen molar-refractivity contribution in [1.29, 1.82) is 0 Å². The second-order valence-electron chi connectivity index (χ2n) is 7.70. The monoisotopic (exact) mass is 394 g/mol. The summed E-state index contributed by atoms with van der Waals surface area (Å²) in [5.41, 5.74) is 0. The van der Waals surface area contributed by atoms with Gasteiger partial charge in [0.15, 0.2) is 0 Å². The third kappa shape index (κ3) is 4.82. The van der Waals surface area contributed by atoms with Crippen LogP contribution in [0.5, 0.6) is 5.75 Å². The maximum atomic E-state index is 12.9. The summed E-state index contributed by atoms with van der Waals surface area (Å²) in [6.07, 6.45) is 4.60. The van der Waals surface area contributed by atoms with Crippen molar-refractivity contribution in [3.05, 3.63) is 24.3 Å². The Morgan fingerprint density at radius 2 is 1.59 bits per heavy atom. The molecule has 0 N–H and O–H groups in total. The van der Waals surface area contributed by atoms with Crippen molar-refractivity contribution in [2.45, 2.75) is 57.0 Å². The lowest BCUT2D eigenvalue weighted by molar-refractivity contribution is -0.137. The fourth-order valence-electron chi connectivity index (χ4n) is 3.83. The van der Waals surface area contributed by atoms with E-state index in [9.17, 15) is 13.2 Å². The summed E-state index contributed by atoms with van der Waals surface area (Å²) >= 11 is 0. The van der Waals surface area contributed by atoms with Crippen LogP contribution in [-0.2, 0) is 14.8 Å². The van der Waals surface area contributed by atoms with Gasteiger partial charge in [-0.3, -0.25) is 4.79 Å². The van der Waals surface area contributed by atoms with E-state index in [4.69, 9.17) is 4.74 Å². The summed E-state index contributed by atoms with van der Waals surface area (Å²) < 4.78 is 32.9. The van der Waals surface area contributed by atoms with Crippen LogP contribution in [0.15, 0.2) is 29.2 Å². The van der Waals surface area contributed by atoms with E-state index in [-0.39, 0.29) is 22.8 Å². The zero-order valence-electron chi connectivity index (χ0n) is 16.3. The van der Waals surface area contributed by atoms with Crippen molar-refractivity contribution < 1.29 is 17.9 Å². The van der Waals surface area contributed by atoms with Crippen LogP contribution >= 0.6 is 0 Å². The molecule has 0 aliphatic carbocycles. The molecule has 2 heterocycles. The first kappa shape index (κ1) is 20.1. The van der Waals surface area contributed by atoms with Crippen LogP contribution in [0, 0.1) is 5.92 Å². The van der Waals surface area contributed by atoms with Crippen molar-refractivity contribution in [2.75, 3.05) is 26.2 Å². The summed E-state index contributed by atoms with van der Waals surface area (Å²) in [6, 6.07) is 6.58. The quantitative estimate of drug-likeness (QED) is 0.770. The highest BCUT2D eigenvalue weighted by Gasteiger charge is 2.34. The first-order valence-corrected chi connectivity index (χ1v) is 11.4. The Labute approximate surface area is 162 Å². The van der Waals surface area contributed by atoms with Gasteiger partial charge in [0.1, 0.15) is 5.75 Å². The van der Waals surface area contributed by atoms with Gasteiger partial charge in [0, 0.05) is 32.1 Å². The summed E-state index contributed by atoms with van der Waals surface area (Å²) in [5.74, 6) is 0.827. The maximum Gasteiger partial charge on any atom is 0.243 e. The number of carbonyl (C=O) groups is 1. The van der Waals surface area contributed by atoms with Crippen molar-refractivity contribution in [2.24, 2.45) is 5.92 Å². The highest BCUT2D eigenvalue weighted by Crippen LogP contribution is 2.27. The zero-order chi connectivity index (χ0) is 19.4. The number of ether oxygens (including phenoxy) is 1. The first-order chi connectivity index (χ1) is 12.9. The molecule has 0 spiro atoms. The second kappa shape index (κ2) is 8.61. The molecule has 2 saturated heterocycles. The van der Waals surface area contributed by atoms with Crippen molar-refractivity contribution >= 4 is 15.9 Å². The number of piperidine rings is 2. The molecule has 0 unspecified atom stereocenters. The minimum absolute atomic E-state index is 0.0450. The molecular formula is C20H30N2O4S. The summed E-state index contributed by atoms with van der Waals surface area (Å²) in [5, 5.41) is 0. The van der Waals surface area contributed by atoms with Gasteiger partial charge in [-0.2, -0.15) is 4.31 Å². The van der Waals surface area contributed by atoms with Crippen LogP contribution in [0.4, 0.5) is 0 Å². The number of nitrogens with zero attached hydrogens (tertiary/aromatic N) is 2. The van der Waals surface area contributed by atoms with E-state index in [2.05, 4.69) is 0 Å². The molecule has 0 aromatic heterocycles. The van der Waals surface area contributed by atoms with Gasteiger partial charge in [-0.25, -0.2) is 8.42 Å². The summed E-state index contributed by atoms with van der Waals surface area (Å²) in [7, 11) is -3.53. The Hall–Kier alpha value is -1.60. The van der Waals surface area contributed by atoms with Gasteiger partial charge in [0.2, 0.25) is 15.9 Å². The summed E-state index contributed by atoms with van der Waals surface area (Å²) in [6.45, 7) is 6.36. The molecule has 0 saturated carbocycles. The van der Waals surface area contributed by atoms with Gasteiger partial charge in [-0.1, -0.05) is 0 Å². The Bertz CT molecular complexity index is 732. The number of likely N-dealkylation sites (tertiary alicyclic amines) is 1. The highest BCUT2D eigenvalue weighted by molar-refractivity contribution is 7.89. The van der Waals surface area contributed by atoms with E-state index in [1.54, 1.807) is 24.3 Å². The molecular weight excluding hydrogens is 364 g/mol. The molecule has 1 aromatic carbocycles. The third-order valence-electron chi connectivity index (χ3n) is 5.30. The van der Waals surface area contributed by atoms with Crippen molar-refractivity contribution in [3.8, 4) is 5.75 Å². The lowest BCUT2D eigenvalue weighted by atomic mass is 9.95. The second-order valence-corrected chi connectivity index (χ2v) is 9.64. The zero-order valence-corrected chi connectivity index (χ0v) is 17.1. The fourth-order valence-corrected chi connectivity index (χ4v) is 5.30. The minimum atomic E-state index is -3.53. The first-order valence-electron chi connectivity index (χ1n) is 9.93. The van der Waals surface area contributed by atoms with Gasteiger partial charge in [-0.15, -0.1) is 0 Å². The van der Waals surface area contributed by atoms with E-state index < -0.39 is 10.0 Å². The smallest absolute Gasteiger partial charge is 0.243 e. The van der Waals surface area contributed by atoms with Crippen LogP contribution in [0.1, 0.15) is 46.0 Å². The Balaban J connectivity index is 1.60. The van der Waals surface area contributed by atoms with E-state index in [0.29, 0.717) is 31.7 Å². The molecule has 1 amide bonds. The van der Waals surface area contributed by atoms with Crippen molar-refractivity contribution in [3.63, 3.8) is 0 Å². The Kier molecular flexibility index (Phi) is 6.42. The normalized spacial score (nSPS) is 20.0. The number of carbonyl (C=O) groups excluding carboxylic acids is 1. The van der Waals surface area contributed by atoms with E-state index in [1.807, 2.05) is 18.7 Å². The molecule has 0 atom stereocenters. The SMILES string of the molecule is CC(C)Oc1ccc(S(=O)(=O)N2CCC(C(=O)N3CCCCC3)CC2)cc1. The average Bonchev–Trinajstić information content (AvgIpc) is 2.68. The van der Waals surface area contributed by atoms with Gasteiger partial charge in [0.05, 0.1) is 11.0 Å². The predicted octanol–water partition coefficient (Wildman–Crippen LogP) is 2.89. The lowest BCUT2D eigenvalue weighted by Gasteiger charge is -2.35. The number of hydrogen-bond acceptors (Lipinski definition) is 4. The molecule has 2 aliphatic rings. The molecule has 6 nitrogen and oxygen atoms in total. The molecule has 3 rings (SSSR count). The average molecular weight is 395 g/mol. The largest absolute Gasteiger partial charge is 0.491 e. The number of amides is 1. The molecule has 2 fully saturated rings. The summed E-state index contributed by atoms with van der Waals surface area (Å²) in [4.78, 5) is 14.9. The molecule has 150 valence electrons. The van der Waals surface area contributed by atoms with Crippen LogP contribution in [0.2, 0.25) is 0 Å².